The molecule has 0 bridgehead atoms. The van der Waals surface area contributed by atoms with Gasteiger partial charge in [0.25, 0.3) is 5.91 Å². The van der Waals surface area contributed by atoms with E-state index in [2.05, 4.69) is 0 Å². The molecule has 7 heteroatoms. The molecule has 3 amide bonds. The minimum atomic E-state index is -0.382. The molecule has 2 aromatic carbocycles. The highest BCUT2D eigenvalue weighted by atomic mass is 19.1. The molecule has 0 saturated carbocycles. The maximum absolute atomic E-state index is 13.1. The van der Waals surface area contributed by atoms with Crippen LogP contribution in [-0.4, -0.2) is 60.2 Å². The van der Waals surface area contributed by atoms with Gasteiger partial charge in [0, 0.05) is 50.4 Å². The first kappa shape index (κ1) is 21.0. The first-order valence-corrected chi connectivity index (χ1v) is 10.6. The predicted molar refractivity (Wildman–Crippen MR) is 115 cm³/mol. The van der Waals surface area contributed by atoms with Crippen molar-refractivity contribution in [1.29, 1.82) is 0 Å². The Hall–Kier alpha value is -3.22. The van der Waals surface area contributed by atoms with Crippen molar-refractivity contribution in [2.24, 2.45) is 5.92 Å². The Morgan fingerprint density at radius 1 is 0.935 bits per heavy atom. The van der Waals surface area contributed by atoms with Gasteiger partial charge in [-0.3, -0.25) is 14.4 Å². The van der Waals surface area contributed by atoms with Gasteiger partial charge in [0.2, 0.25) is 11.8 Å². The van der Waals surface area contributed by atoms with E-state index in [1.807, 2.05) is 32.0 Å². The van der Waals surface area contributed by atoms with Crippen LogP contribution in [0.15, 0.2) is 42.5 Å². The molecule has 6 nitrogen and oxygen atoms in total. The number of anilines is 1. The Labute approximate surface area is 181 Å². The van der Waals surface area contributed by atoms with E-state index < -0.39 is 0 Å². The second kappa shape index (κ2) is 8.49. The summed E-state index contributed by atoms with van der Waals surface area (Å²) in [6.07, 6.45) is 0.209. The third-order valence-electron chi connectivity index (χ3n) is 6.31. The smallest absolute Gasteiger partial charge is 0.253 e. The van der Waals surface area contributed by atoms with Gasteiger partial charge in [-0.2, -0.15) is 0 Å². The zero-order valence-electron chi connectivity index (χ0n) is 17.8. The van der Waals surface area contributed by atoms with Crippen LogP contribution in [0.3, 0.4) is 0 Å². The Balaban J connectivity index is 1.37. The van der Waals surface area contributed by atoms with Gasteiger partial charge in [0.1, 0.15) is 5.82 Å². The minimum Gasteiger partial charge on any atom is -0.339 e. The van der Waals surface area contributed by atoms with E-state index in [1.54, 1.807) is 14.7 Å². The van der Waals surface area contributed by atoms with Crippen molar-refractivity contribution in [3.8, 4) is 0 Å². The average molecular weight is 423 g/mol. The number of hydrogen-bond donors (Lipinski definition) is 0. The number of aryl methyl sites for hydroxylation is 1. The highest BCUT2D eigenvalue weighted by Crippen LogP contribution is 2.30. The zero-order valence-corrected chi connectivity index (χ0v) is 17.8. The first-order valence-electron chi connectivity index (χ1n) is 10.6. The fourth-order valence-electron chi connectivity index (χ4n) is 4.30. The molecule has 0 spiro atoms. The molecule has 2 fully saturated rings. The lowest BCUT2D eigenvalue weighted by molar-refractivity contribution is -0.137. The Morgan fingerprint density at radius 3 is 2.26 bits per heavy atom. The summed E-state index contributed by atoms with van der Waals surface area (Å²) in [7, 11) is 0. The van der Waals surface area contributed by atoms with E-state index in [9.17, 15) is 18.8 Å². The summed E-state index contributed by atoms with van der Waals surface area (Å²) < 4.78 is 13.1. The number of rotatable bonds is 3. The number of halogens is 1. The van der Waals surface area contributed by atoms with E-state index in [-0.39, 0.29) is 35.9 Å². The molecule has 0 aliphatic carbocycles. The van der Waals surface area contributed by atoms with Crippen LogP contribution in [0.2, 0.25) is 0 Å². The van der Waals surface area contributed by atoms with Crippen LogP contribution in [0.4, 0.5) is 10.1 Å². The number of carbonyl (C=O) groups excluding carboxylic acids is 3. The van der Waals surface area contributed by atoms with Crippen molar-refractivity contribution < 1.29 is 18.8 Å². The lowest BCUT2D eigenvalue weighted by Crippen LogP contribution is -2.52. The van der Waals surface area contributed by atoms with Gasteiger partial charge in [-0.05, 0) is 55.3 Å². The highest BCUT2D eigenvalue weighted by Gasteiger charge is 2.38. The van der Waals surface area contributed by atoms with Gasteiger partial charge >= 0.3 is 0 Å². The van der Waals surface area contributed by atoms with Crippen LogP contribution < -0.4 is 4.90 Å². The molecule has 2 aromatic rings. The van der Waals surface area contributed by atoms with Crippen LogP contribution in [0.1, 0.15) is 27.9 Å². The number of nitrogens with zero attached hydrogens (tertiary/aromatic N) is 3. The number of benzene rings is 2. The number of piperazine rings is 1. The van der Waals surface area contributed by atoms with E-state index in [0.29, 0.717) is 38.3 Å². The van der Waals surface area contributed by atoms with E-state index in [0.717, 1.165) is 16.8 Å². The van der Waals surface area contributed by atoms with Gasteiger partial charge in [0.15, 0.2) is 0 Å². The van der Waals surface area contributed by atoms with Crippen molar-refractivity contribution in [3.05, 3.63) is 65.0 Å². The molecule has 2 aliphatic heterocycles. The molecule has 0 N–H and O–H groups in total. The van der Waals surface area contributed by atoms with Crippen LogP contribution in [-0.2, 0) is 9.59 Å². The van der Waals surface area contributed by atoms with Gasteiger partial charge in [-0.25, -0.2) is 4.39 Å². The predicted octanol–water partition coefficient (Wildman–Crippen LogP) is 2.78. The monoisotopic (exact) mass is 423 g/mol. The summed E-state index contributed by atoms with van der Waals surface area (Å²) in [5.74, 6) is -0.976. The fourth-order valence-corrected chi connectivity index (χ4v) is 4.30. The maximum atomic E-state index is 13.1. The van der Waals surface area contributed by atoms with E-state index in [1.165, 1.54) is 24.3 Å². The summed E-state index contributed by atoms with van der Waals surface area (Å²) in [5, 5.41) is 0. The lowest BCUT2D eigenvalue weighted by Gasteiger charge is -2.36. The molecular weight excluding hydrogens is 397 g/mol. The maximum Gasteiger partial charge on any atom is 0.253 e. The van der Waals surface area contributed by atoms with Gasteiger partial charge in [-0.15, -0.1) is 0 Å². The molecule has 1 unspecified atom stereocenters. The highest BCUT2D eigenvalue weighted by molar-refractivity contribution is 6.01. The second-order valence-corrected chi connectivity index (χ2v) is 8.25. The minimum absolute atomic E-state index is 0.0304. The summed E-state index contributed by atoms with van der Waals surface area (Å²) in [5.41, 5.74) is 3.47. The molecule has 4 rings (SSSR count). The Morgan fingerprint density at radius 2 is 1.58 bits per heavy atom. The largest absolute Gasteiger partial charge is 0.339 e. The average Bonchev–Trinajstić information content (AvgIpc) is 3.16. The summed E-state index contributed by atoms with van der Waals surface area (Å²) in [6, 6.07) is 11.3. The number of carbonyl (C=O) groups is 3. The molecule has 2 saturated heterocycles. The van der Waals surface area contributed by atoms with Gasteiger partial charge in [-0.1, -0.05) is 12.1 Å². The lowest BCUT2D eigenvalue weighted by atomic mass is 10.1. The summed E-state index contributed by atoms with van der Waals surface area (Å²) in [4.78, 5) is 43.4. The van der Waals surface area contributed by atoms with Crippen LogP contribution >= 0.6 is 0 Å². The zero-order chi connectivity index (χ0) is 22.1. The molecule has 162 valence electrons. The van der Waals surface area contributed by atoms with Crippen molar-refractivity contribution in [3.63, 3.8) is 0 Å². The van der Waals surface area contributed by atoms with Crippen LogP contribution in [0.5, 0.6) is 0 Å². The van der Waals surface area contributed by atoms with Crippen molar-refractivity contribution in [1.82, 2.24) is 9.80 Å². The standard InChI is InChI=1S/C24H26FN3O3/c1-16-4-3-5-21(17(16)2)28-15-19(14-22(28)29)24(31)27-12-10-26(11-13-27)23(30)18-6-8-20(25)9-7-18/h3-9,19H,10-15H2,1-2H3. The normalized spacial score (nSPS) is 19.1. The molecule has 0 aromatic heterocycles. The number of hydrogen-bond acceptors (Lipinski definition) is 3. The van der Waals surface area contributed by atoms with Crippen LogP contribution in [0.25, 0.3) is 0 Å². The molecule has 2 aliphatic rings. The van der Waals surface area contributed by atoms with Crippen LogP contribution in [0, 0.1) is 25.6 Å². The van der Waals surface area contributed by atoms with Crippen molar-refractivity contribution in [2.45, 2.75) is 20.3 Å². The third kappa shape index (κ3) is 4.17. The SMILES string of the molecule is Cc1cccc(N2CC(C(=O)N3CCN(C(=O)c4ccc(F)cc4)CC3)CC2=O)c1C. The van der Waals surface area contributed by atoms with E-state index in [4.69, 9.17) is 0 Å². The Bertz CT molecular complexity index is 1010. The fraction of sp³-hybridized carbons (Fsp3) is 0.375. The number of amides is 3. The quantitative estimate of drug-likeness (QED) is 0.763. The molecule has 0 radical (unpaired) electrons. The summed E-state index contributed by atoms with van der Waals surface area (Å²) in [6.45, 7) is 6.09. The molecular formula is C24H26FN3O3. The molecule has 1 atom stereocenters. The van der Waals surface area contributed by atoms with Gasteiger partial charge in [0.05, 0.1) is 5.92 Å². The Kier molecular flexibility index (Phi) is 5.76. The van der Waals surface area contributed by atoms with Crippen molar-refractivity contribution in [2.75, 3.05) is 37.6 Å². The topological polar surface area (TPSA) is 60.9 Å². The summed E-state index contributed by atoms with van der Waals surface area (Å²) >= 11 is 0. The molecule has 31 heavy (non-hydrogen) atoms. The first-order chi connectivity index (χ1) is 14.8. The molecule has 2 heterocycles. The third-order valence-corrected chi connectivity index (χ3v) is 6.31. The van der Waals surface area contributed by atoms with Gasteiger partial charge < -0.3 is 14.7 Å². The second-order valence-electron chi connectivity index (χ2n) is 8.25. The van der Waals surface area contributed by atoms with Crippen molar-refractivity contribution >= 4 is 23.4 Å². The van der Waals surface area contributed by atoms with E-state index >= 15 is 0 Å².